The van der Waals surface area contributed by atoms with Gasteiger partial charge < -0.3 is 4.74 Å². The maximum atomic E-state index is 13.6. The molecule has 1 rings (SSSR count). The van der Waals surface area contributed by atoms with Crippen molar-refractivity contribution in [2.24, 2.45) is 0 Å². The molecule has 108 valence electrons. The Kier molecular flexibility index (Phi) is 5.53. The zero-order chi connectivity index (χ0) is 14.8. The minimum atomic E-state index is -1.23. The molecule has 0 saturated heterocycles. The van der Waals surface area contributed by atoms with Gasteiger partial charge in [-0.3, -0.25) is 0 Å². The zero-order valence-electron chi connectivity index (χ0n) is 11.7. The van der Waals surface area contributed by atoms with Crippen LogP contribution in [0.1, 0.15) is 39.3 Å². The molecule has 0 aliphatic heterocycles. The molecular weight excluding hydrogens is 333 g/mol. The highest BCUT2D eigenvalue weighted by Crippen LogP contribution is 2.31. The second kappa shape index (κ2) is 6.33. The first-order chi connectivity index (χ1) is 8.66. The molecule has 1 aromatic rings. The highest BCUT2D eigenvalue weighted by Gasteiger charge is 2.23. The fourth-order valence-corrected chi connectivity index (χ4v) is 2.58. The van der Waals surface area contributed by atoms with Gasteiger partial charge in [0.25, 0.3) is 0 Å². The molecule has 1 N–H and O–H groups in total. The summed E-state index contributed by atoms with van der Waals surface area (Å²) in [7, 11) is 0.295. The Morgan fingerprint density at radius 1 is 1.42 bits per heavy atom. The Morgan fingerprint density at radius 3 is 2.47 bits per heavy atom. The van der Waals surface area contributed by atoms with Gasteiger partial charge in [-0.15, -0.1) is 0 Å². The lowest BCUT2D eigenvalue weighted by molar-refractivity contribution is 0.403. The van der Waals surface area contributed by atoms with E-state index in [1.807, 2.05) is 27.7 Å². The third-order valence-electron chi connectivity index (χ3n) is 2.58. The molecule has 19 heavy (non-hydrogen) atoms. The molecule has 3 nitrogen and oxygen atoms in total. The summed E-state index contributed by atoms with van der Waals surface area (Å²) in [5.74, 6) is 0.185. The molecule has 0 spiro atoms. The molecule has 0 aromatic heterocycles. The van der Waals surface area contributed by atoms with E-state index in [1.54, 1.807) is 6.07 Å². The second-order valence-electron chi connectivity index (χ2n) is 5.23. The van der Waals surface area contributed by atoms with Gasteiger partial charge in [-0.2, -0.15) is 0 Å². The Balaban J connectivity index is 3.03. The topological polar surface area (TPSA) is 38.3 Å². The molecule has 0 saturated carbocycles. The van der Waals surface area contributed by atoms with Crippen LogP contribution in [0, 0.1) is 5.82 Å². The van der Waals surface area contributed by atoms with E-state index in [-0.39, 0.29) is 16.6 Å². The third-order valence-corrected chi connectivity index (χ3v) is 4.87. The lowest BCUT2D eigenvalue weighted by atomic mass is 10.1. The molecule has 1 aromatic carbocycles. The van der Waals surface area contributed by atoms with Crippen molar-refractivity contribution in [1.29, 1.82) is 0 Å². The zero-order valence-corrected chi connectivity index (χ0v) is 14.1. The monoisotopic (exact) mass is 351 g/mol. The summed E-state index contributed by atoms with van der Waals surface area (Å²) < 4.78 is 33.8. The summed E-state index contributed by atoms with van der Waals surface area (Å²) in [6.07, 6.45) is 0. The van der Waals surface area contributed by atoms with Crippen molar-refractivity contribution in [2.75, 3.05) is 7.11 Å². The van der Waals surface area contributed by atoms with Crippen LogP contribution in [0.25, 0.3) is 0 Å². The first kappa shape index (κ1) is 16.6. The Hall–Kier alpha value is -0.460. The predicted molar refractivity (Wildman–Crippen MR) is 80.1 cm³/mol. The Bertz CT molecular complexity index is 488. The van der Waals surface area contributed by atoms with Gasteiger partial charge in [0.2, 0.25) is 0 Å². The Morgan fingerprint density at radius 2 is 2.00 bits per heavy atom. The molecule has 0 aliphatic rings. The highest BCUT2D eigenvalue weighted by molar-refractivity contribution is 9.10. The number of nitrogens with one attached hydrogen (secondary N) is 1. The molecule has 2 atom stereocenters. The van der Waals surface area contributed by atoms with Crippen molar-refractivity contribution >= 4 is 26.9 Å². The molecule has 0 fully saturated rings. The normalized spacial score (nSPS) is 15.1. The van der Waals surface area contributed by atoms with E-state index >= 15 is 0 Å². The largest absolute Gasteiger partial charge is 0.496 e. The summed E-state index contributed by atoms with van der Waals surface area (Å²) in [6.45, 7) is 7.46. The SMILES string of the molecule is COc1cc(Br)c(F)cc1[C@H](C)NS(=O)C(C)(C)C. The van der Waals surface area contributed by atoms with Gasteiger partial charge >= 0.3 is 0 Å². The number of ether oxygens (including phenoxy) is 1. The number of hydrogen-bond donors (Lipinski definition) is 1. The summed E-state index contributed by atoms with van der Waals surface area (Å²) in [5, 5.41) is 0. The van der Waals surface area contributed by atoms with Crippen LogP contribution in [-0.2, 0) is 11.0 Å². The fraction of sp³-hybridized carbons (Fsp3) is 0.538. The number of benzene rings is 1. The summed E-state index contributed by atoms with van der Waals surface area (Å²) in [5.41, 5.74) is 0.640. The molecular formula is C13H19BrFNO2S. The number of rotatable bonds is 4. The number of halogens is 2. The predicted octanol–water partition coefficient (Wildman–Crippen LogP) is 3.71. The van der Waals surface area contributed by atoms with E-state index < -0.39 is 11.0 Å². The van der Waals surface area contributed by atoms with Crippen molar-refractivity contribution < 1.29 is 13.3 Å². The van der Waals surface area contributed by atoms with Gasteiger partial charge in [0, 0.05) is 11.6 Å². The average molecular weight is 352 g/mol. The highest BCUT2D eigenvalue weighted by atomic mass is 79.9. The quantitative estimate of drug-likeness (QED) is 0.897. The van der Waals surface area contributed by atoms with Crippen LogP contribution in [0.4, 0.5) is 4.39 Å². The van der Waals surface area contributed by atoms with Crippen molar-refractivity contribution in [3.63, 3.8) is 0 Å². The number of hydrogen-bond acceptors (Lipinski definition) is 2. The van der Waals surface area contributed by atoms with Gasteiger partial charge in [-0.1, -0.05) is 0 Å². The van der Waals surface area contributed by atoms with Crippen molar-refractivity contribution in [3.05, 3.63) is 28.0 Å². The first-order valence-corrected chi connectivity index (χ1v) is 7.82. The minimum Gasteiger partial charge on any atom is -0.496 e. The lowest BCUT2D eigenvalue weighted by Gasteiger charge is -2.23. The van der Waals surface area contributed by atoms with E-state index in [0.717, 1.165) is 0 Å². The summed E-state index contributed by atoms with van der Waals surface area (Å²) in [4.78, 5) is 0. The van der Waals surface area contributed by atoms with Crippen molar-refractivity contribution in [1.82, 2.24) is 4.72 Å². The van der Waals surface area contributed by atoms with Gasteiger partial charge in [0.15, 0.2) is 0 Å². The molecule has 0 aliphatic carbocycles. The first-order valence-electron chi connectivity index (χ1n) is 5.87. The van der Waals surface area contributed by atoms with Gasteiger partial charge in [0.1, 0.15) is 11.6 Å². The van der Waals surface area contributed by atoms with Gasteiger partial charge in [-0.25, -0.2) is 13.3 Å². The lowest BCUT2D eigenvalue weighted by Crippen LogP contribution is -2.35. The molecule has 0 bridgehead atoms. The average Bonchev–Trinajstić information content (AvgIpc) is 2.30. The van der Waals surface area contributed by atoms with Crippen LogP contribution in [-0.4, -0.2) is 16.1 Å². The summed E-state index contributed by atoms with van der Waals surface area (Å²) in [6, 6.07) is 2.68. The Labute approximate surface area is 124 Å². The van der Waals surface area contributed by atoms with Crippen LogP contribution in [0.15, 0.2) is 16.6 Å². The smallest absolute Gasteiger partial charge is 0.137 e. The number of methoxy groups -OCH3 is 1. The summed E-state index contributed by atoms with van der Waals surface area (Å²) >= 11 is 3.12. The van der Waals surface area contributed by atoms with Crippen LogP contribution >= 0.6 is 15.9 Å². The van der Waals surface area contributed by atoms with Crippen molar-refractivity contribution in [3.8, 4) is 5.75 Å². The van der Waals surface area contributed by atoms with Crippen LogP contribution in [0.3, 0.4) is 0 Å². The van der Waals surface area contributed by atoms with E-state index in [0.29, 0.717) is 15.8 Å². The maximum absolute atomic E-state index is 13.6. The fourth-order valence-electron chi connectivity index (χ4n) is 1.46. The molecule has 0 radical (unpaired) electrons. The van der Waals surface area contributed by atoms with Crippen LogP contribution < -0.4 is 9.46 Å². The minimum absolute atomic E-state index is 0.280. The molecule has 6 heteroatoms. The molecule has 0 heterocycles. The van der Waals surface area contributed by atoms with E-state index in [9.17, 15) is 8.60 Å². The van der Waals surface area contributed by atoms with E-state index in [2.05, 4.69) is 20.7 Å². The molecule has 1 unspecified atom stereocenters. The van der Waals surface area contributed by atoms with E-state index in [4.69, 9.17) is 4.74 Å². The van der Waals surface area contributed by atoms with Gasteiger partial charge in [-0.05, 0) is 55.8 Å². The van der Waals surface area contributed by atoms with Gasteiger partial charge in [0.05, 0.1) is 27.3 Å². The maximum Gasteiger partial charge on any atom is 0.137 e. The van der Waals surface area contributed by atoms with E-state index in [1.165, 1.54) is 13.2 Å². The van der Waals surface area contributed by atoms with Crippen LogP contribution in [0.2, 0.25) is 0 Å². The standard InChI is InChI=1S/C13H19BrFNO2S/c1-8(16-19(17)13(2,3)4)9-6-11(15)10(14)7-12(9)18-5/h6-8,16H,1-5H3/t8-,19?/m0/s1. The van der Waals surface area contributed by atoms with Crippen molar-refractivity contribution in [2.45, 2.75) is 38.5 Å². The third kappa shape index (κ3) is 4.26. The molecule has 0 amide bonds. The van der Waals surface area contributed by atoms with Crippen LogP contribution in [0.5, 0.6) is 5.75 Å². The second-order valence-corrected chi connectivity index (χ2v) is 8.08.